The van der Waals surface area contributed by atoms with Crippen LogP contribution in [0.2, 0.25) is 0 Å². The molecule has 0 fully saturated rings. The van der Waals surface area contributed by atoms with E-state index in [1.54, 1.807) is 0 Å². The predicted molar refractivity (Wildman–Crippen MR) is 51.3 cm³/mol. The summed E-state index contributed by atoms with van der Waals surface area (Å²) < 4.78 is 0. The average Bonchev–Trinajstić information content (AvgIpc) is 1.87. The molecule has 0 aromatic carbocycles. The first kappa shape index (κ1) is 10.6. The van der Waals surface area contributed by atoms with Crippen molar-refractivity contribution < 1.29 is 0 Å². The highest BCUT2D eigenvalue weighted by Gasteiger charge is 2.00. The SMILES string of the molecule is C#CCC(C)CCCC(C)C. The molecule has 0 aliphatic rings. The molecule has 0 N–H and O–H groups in total. The van der Waals surface area contributed by atoms with Crippen LogP contribution in [0.1, 0.15) is 46.5 Å². The van der Waals surface area contributed by atoms with E-state index in [-0.39, 0.29) is 0 Å². The molecule has 0 saturated carbocycles. The van der Waals surface area contributed by atoms with Gasteiger partial charge in [0, 0.05) is 6.42 Å². The van der Waals surface area contributed by atoms with Gasteiger partial charge in [-0.05, 0) is 18.3 Å². The van der Waals surface area contributed by atoms with Crippen LogP contribution in [0, 0.1) is 24.2 Å². The van der Waals surface area contributed by atoms with Gasteiger partial charge in [0.2, 0.25) is 0 Å². The van der Waals surface area contributed by atoms with E-state index in [2.05, 4.69) is 26.7 Å². The smallest absolute Gasteiger partial charge is 0.0112 e. The fourth-order valence-electron chi connectivity index (χ4n) is 1.18. The summed E-state index contributed by atoms with van der Waals surface area (Å²) in [6.45, 7) is 6.78. The lowest BCUT2D eigenvalue weighted by molar-refractivity contribution is 0.464. The summed E-state index contributed by atoms with van der Waals surface area (Å²) in [5, 5.41) is 0. The Morgan fingerprint density at radius 3 is 2.27 bits per heavy atom. The van der Waals surface area contributed by atoms with Crippen molar-refractivity contribution in [2.24, 2.45) is 11.8 Å². The Morgan fingerprint density at radius 2 is 1.82 bits per heavy atom. The molecular weight excluding hydrogens is 132 g/mol. The molecule has 0 aliphatic heterocycles. The lowest BCUT2D eigenvalue weighted by Crippen LogP contribution is -1.94. The van der Waals surface area contributed by atoms with Gasteiger partial charge in [0.05, 0.1) is 0 Å². The molecule has 64 valence electrons. The molecule has 1 unspecified atom stereocenters. The Kier molecular flexibility index (Phi) is 6.03. The maximum Gasteiger partial charge on any atom is 0.0112 e. The van der Waals surface area contributed by atoms with E-state index in [1.165, 1.54) is 19.3 Å². The Hall–Kier alpha value is -0.440. The lowest BCUT2D eigenvalue weighted by atomic mass is 9.98. The summed E-state index contributed by atoms with van der Waals surface area (Å²) >= 11 is 0. The van der Waals surface area contributed by atoms with Crippen molar-refractivity contribution in [3.8, 4) is 12.3 Å². The zero-order chi connectivity index (χ0) is 8.69. The fourth-order valence-corrected chi connectivity index (χ4v) is 1.18. The molecule has 0 radical (unpaired) electrons. The molecule has 11 heavy (non-hydrogen) atoms. The van der Waals surface area contributed by atoms with Crippen molar-refractivity contribution in [1.82, 2.24) is 0 Å². The normalized spacial score (nSPS) is 13.0. The minimum absolute atomic E-state index is 0.721. The molecule has 0 aromatic rings. The summed E-state index contributed by atoms with van der Waals surface area (Å²) in [6.07, 6.45) is 10.1. The predicted octanol–water partition coefficient (Wildman–Crippen LogP) is 3.47. The van der Waals surface area contributed by atoms with Gasteiger partial charge in [-0.15, -0.1) is 12.3 Å². The molecule has 1 atom stereocenters. The van der Waals surface area contributed by atoms with Crippen LogP contribution in [0.15, 0.2) is 0 Å². The number of hydrogen-bond donors (Lipinski definition) is 0. The van der Waals surface area contributed by atoms with E-state index < -0.39 is 0 Å². The quantitative estimate of drug-likeness (QED) is 0.529. The van der Waals surface area contributed by atoms with Crippen LogP contribution >= 0.6 is 0 Å². The Balaban J connectivity index is 3.18. The molecule has 0 nitrogen and oxygen atoms in total. The maximum absolute atomic E-state index is 5.21. The molecule has 0 saturated heterocycles. The van der Waals surface area contributed by atoms with Crippen LogP contribution in [0.3, 0.4) is 0 Å². The van der Waals surface area contributed by atoms with E-state index in [0.29, 0.717) is 0 Å². The van der Waals surface area contributed by atoms with Crippen LogP contribution in [0.25, 0.3) is 0 Å². The molecule has 0 heteroatoms. The van der Waals surface area contributed by atoms with Gasteiger partial charge in [-0.3, -0.25) is 0 Å². The third kappa shape index (κ3) is 7.46. The monoisotopic (exact) mass is 152 g/mol. The summed E-state index contributed by atoms with van der Waals surface area (Å²) in [5.41, 5.74) is 0. The topological polar surface area (TPSA) is 0 Å². The fraction of sp³-hybridized carbons (Fsp3) is 0.818. The van der Waals surface area contributed by atoms with Crippen LogP contribution in [-0.4, -0.2) is 0 Å². The molecule has 0 spiro atoms. The van der Waals surface area contributed by atoms with E-state index in [9.17, 15) is 0 Å². The van der Waals surface area contributed by atoms with Gasteiger partial charge in [-0.1, -0.05) is 33.6 Å². The molecular formula is C11H20. The number of terminal acetylenes is 1. The number of rotatable bonds is 5. The van der Waals surface area contributed by atoms with Gasteiger partial charge >= 0.3 is 0 Å². The van der Waals surface area contributed by atoms with Gasteiger partial charge in [-0.25, -0.2) is 0 Å². The van der Waals surface area contributed by atoms with Crippen LogP contribution in [-0.2, 0) is 0 Å². The van der Waals surface area contributed by atoms with Crippen LogP contribution < -0.4 is 0 Å². The van der Waals surface area contributed by atoms with Crippen molar-refractivity contribution in [2.45, 2.75) is 46.5 Å². The zero-order valence-electron chi connectivity index (χ0n) is 8.06. The van der Waals surface area contributed by atoms with Gasteiger partial charge in [-0.2, -0.15) is 0 Å². The van der Waals surface area contributed by atoms with E-state index >= 15 is 0 Å². The standard InChI is InChI=1S/C11H20/c1-5-7-11(4)9-6-8-10(2)3/h1,10-11H,6-9H2,2-4H3. The van der Waals surface area contributed by atoms with Crippen molar-refractivity contribution in [3.05, 3.63) is 0 Å². The van der Waals surface area contributed by atoms with Crippen molar-refractivity contribution in [3.63, 3.8) is 0 Å². The molecule has 0 aliphatic carbocycles. The highest BCUT2D eigenvalue weighted by molar-refractivity contribution is 4.85. The van der Waals surface area contributed by atoms with E-state index in [0.717, 1.165) is 18.3 Å². The van der Waals surface area contributed by atoms with E-state index in [1.807, 2.05) is 0 Å². The maximum atomic E-state index is 5.21. The number of hydrogen-bond acceptors (Lipinski definition) is 0. The first-order valence-electron chi connectivity index (χ1n) is 4.60. The summed E-state index contributed by atoms with van der Waals surface area (Å²) in [7, 11) is 0. The Morgan fingerprint density at radius 1 is 1.18 bits per heavy atom. The molecule has 0 rings (SSSR count). The van der Waals surface area contributed by atoms with Crippen molar-refractivity contribution in [1.29, 1.82) is 0 Å². The third-order valence-electron chi connectivity index (χ3n) is 1.94. The van der Waals surface area contributed by atoms with Gasteiger partial charge in [0.1, 0.15) is 0 Å². The highest BCUT2D eigenvalue weighted by atomic mass is 14.1. The second-order valence-electron chi connectivity index (χ2n) is 3.84. The van der Waals surface area contributed by atoms with Gasteiger partial charge in [0.25, 0.3) is 0 Å². The zero-order valence-corrected chi connectivity index (χ0v) is 8.06. The lowest BCUT2D eigenvalue weighted by Gasteiger charge is -2.08. The van der Waals surface area contributed by atoms with Crippen LogP contribution in [0.4, 0.5) is 0 Å². The Bertz CT molecular complexity index is 116. The third-order valence-corrected chi connectivity index (χ3v) is 1.94. The van der Waals surface area contributed by atoms with Crippen molar-refractivity contribution >= 4 is 0 Å². The first-order chi connectivity index (χ1) is 5.16. The molecule has 0 aromatic heterocycles. The summed E-state index contributed by atoms with van der Waals surface area (Å²) in [6, 6.07) is 0. The summed E-state index contributed by atoms with van der Waals surface area (Å²) in [5.74, 6) is 4.27. The van der Waals surface area contributed by atoms with Crippen molar-refractivity contribution in [2.75, 3.05) is 0 Å². The minimum atomic E-state index is 0.721. The minimum Gasteiger partial charge on any atom is -0.120 e. The second kappa shape index (κ2) is 6.28. The second-order valence-corrected chi connectivity index (χ2v) is 3.84. The van der Waals surface area contributed by atoms with Gasteiger partial charge in [0.15, 0.2) is 0 Å². The largest absolute Gasteiger partial charge is 0.120 e. The van der Waals surface area contributed by atoms with Gasteiger partial charge < -0.3 is 0 Å². The molecule has 0 amide bonds. The van der Waals surface area contributed by atoms with Crippen LogP contribution in [0.5, 0.6) is 0 Å². The summed E-state index contributed by atoms with van der Waals surface area (Å²) in [4.78, 5) is 0. The average molecular weight is 152 g/mol. The van der Waals surface area contributed by atoms with E-state index in [4.69, 9.17) is 6.42 Å². The Labute approximate surface area is 71.4 Å². The molecule has 0 bridgehead atoms. The molecule has 0 heterocycles. The highest BCUT2D eigenvalue weighted by Crippen LogP contribution is 2.14. The first-order valence-corrected chi connectivity index (χ1v) is 4.60.